The molecule has 0 unspecified atom stereocenters. The fourth-order valence-electron chi connectivity index (χ4n) is 3.67. The first-order chi connectivity index (χ1) is 13.5. The number of rotatable bonds is 4. The van der Waals surface area contributed by atoms with Gasteiger partial charge >= 0.3 is 0 Å². The highest BCUT2D eigenvalue weighted by Crippen LogP contribution is 2.24. The van der Waals surface area contributed by atoms with E-state index in [9.17, 15) is 14.0 Å². The summed E-state index contributed by atoms with van der Waals surface area (Å²) in [7, 11) is 0. The SMILES string of the molecule is C[C@H]1CCCCN1C(=O)CCn1cnc2onc(-c3ccc(F)cc3)c2c1=O. The zero-order valence-corrected chi connectivity index (χ0v) is 15.6. The molecule has 0 bridgehead atoms. The minimum absolute atomic E-state index is 0.0447. The zero-order chi connectivity index (χ0) is 19.7. The summed E-state index contributed by atoms with van der Waals surface area (Å²) < 4.78 is 19.7. The Labute approximate surface area is 160 Å². The third kappa shape index (κ3) is 3.42. The maximum Gasteiger partial charge on any atom is 0.266 e. The summed E-state index contributed by atoms with van der Waals surface area (Å²) in [4.78, 5) is 31.5. The predicted molar refractivity (Wildman–Crippen MR) is 101 cm³/mol. The second kappa shape index (κ2) is 7.53. The Bertz CT molecular complexity index is 1060. The maximum atomic E-state index is 13.2. The molecule has 1 aliphatic rings. The number of benzene rings is 1. The second-order valence-corrected chi connectivity index (χ2v) is 7.14. The molecule has 0 N–H and O–H groups in total. The van der Waals surface area contributed by atoms with Gasteiger partial charge in [-0.15, -0.1) is 0 Å². The van der Waals surface area contributed by atoms with Gasteiger partial charge in [0.1, 0.15) is 23.2 Å². The predicted octanol–water partition coefficient (Wildman–Crippen LogP) is 2.98. The summed E-state index contributed by atoms with van der Waals surface area (Å²) in [6, 6.07) is 5.89. The molecule has 2 aromatic heterocycles. The highest BCUT2D eigenvalue weighted by atomic mass is 19.1. The van der Waals surface area contributed by atoms with Crippen LogP contribution in [0.2, 0.25) is 0 Å². The number of hydrogen-bond donors (Lipinski definition) is 0. The van der Waals surface area contributed by atoms with Crippen LogP contribution < -0.4 is 5.56 Å². The molecule has 1 saturated heterocycles. The number of aromatic nitrogens is 3. The molecule has 1 aliphatic heterocycles. The van der Waals surface area contributed by atoms with E-state index in [1.807, 2.05) is 4.90 Å². The number of hydrogen-bond acceptors (Lipinski definition) is 5. The first-order valence-corrected chi connectivity index (χ1v) is 9.45. The van der Waals surface area contributed by atoms with Gasteiger partial charge in [-0.25, -0.2) is 9.37 Å². The van der Waals surface area contributed by atoms with Crippen LogP contribution in [0, 0.1) is 5.82 Å². The van der Waals surface area contributed by atoms with Gasteiger partial charge in [0.2, 0.25) is 5.91 Å². The molecule has 3 heterocycles. The monoisotopic (exact) mass is 384 g/mol. The lowest BCUT2D eigenvalue weighted by atomic mass is 10.0. The van der Waals surface area contributed by atoms with Gasteiger partial charge in [0.15, 0.2) is 0 Å². The van der Waals surface area contributed by atoms with Crippen molar-refractivity contribution >= 4 is 17.0 Å². The highest BCUT2D eigenvalue weighted by molar-refractivity contribution is 5.88. The average Bonchev–Trinajstić information content (AvgIpc) is 3.13. The van der Waals surface area contributed by atoms with Crippen LogP contribution in [0.15, 0.2) is 39.9 Å². The first-order valence-electron chi connectivity index (χ1n) is 9.45. The summed E-state index contributed by atoms with van der Waals surface area (Å²) >= 11 is 0. The van der Waals surface area contributed by atoms with Gasteiger partial charge in [-0.2, -0.15) is 0 Å². The van der Waals surface area contributed by atoms with Gasteiger partial charge < -0.3 is 9.42 Å². The van der Waals surface area contributed by atoms with E-state index in [1.54, 1.807) is 0 Å². The van der Waals surface area contributed by atoms with Gasteiger partial charge in [0.25, 0.3) is 11.3 Å². The standard InChI is InChI=1S/C20H21FN4O3/c1-13-4-2-3-10-25(13)16(26)9-11-24-12-22-19-17(20(24)27)18(23-28-19)14-5-7-15(21)8-6-14/h5-8,12-13H,2-4,9-11H2,1H3/t13-/m0/s1. The number of amides is 1. The number of carbonyl (C=O) groups excluding carboxylic acids is 1. The van der Waals surface area contributed by atoms with Crippen molar-refractivity contribution in [1.82, 2.24) is 19.6 Å². The normalized spacial score (nSPS) is 17.2. The topological polar surface area (TPSA) is 81.2 Å². The van der Waals surface area contributed by atoms with Gasteiger partial charge in [-0.1, -0.05) is 5.16 Å². The summed E-state index contributed by atoms with van der Waals surface area (Å²) in [6.07, 6.45) is 4.78. The number of carbonyl (C=O) groups is 1. The molecule has 4 rings (SSSR count). The summed E-state index contributed by atoms with van der Waals surface area (Å²) in [5.74, 6) is -0.333. The lowest BCUT2D eigenvalue weighted by molar-refractivity contribution is -0.134. The first kappa shape index (κ1) is 18.3. The van der Waals surface area contributed by atoms with Crippen molar-refractivity contribution in [2.75, 3.05) is 6.54 Å². The summed E-state index contributed by atoms with van der Waals surface area (Å²) in [6.45, 7) is 3.06. The lowest BCUT2D eigenvalue weighted by Crippen LogP contribution is -2.42. The number of halogens is 1. The molecule has 1 amide bonds. The maximum absolute atomic E-state index is 13.2. The number of fused-ring (bicyclic) bond motifs is 1. The van der Waals surface area contributed by atoms with Crippen LogP contribution in [0.4, 0.5) is 4.39 Å². The Hall–Kier alpha value is -3.03. The van der Waals surface area contributed by atoms with Crippen molar-refractivity contribution in [3.63, 3.8) is 0 Å². The highest BCUT2D eigenvalue weighted by Gasteiger charge is 2.23. The van der Waals surface area contributed by atoms with Crippen molar-refractivity contribution in [1.29, 1.82) is 0 Å². The molecule has 1 fully saturated rings. The van der Waals surface area contributed by atoms with Crippen LogP contribution in [-0.2, 0) is 11.3 Å². The summed E-state index contributed by atoms with van der Waals surface area (Å²) in [5, 5.41) is 4.16. The van der Waals surface area contributed by atoms with E-state index in [0.717, 1.165) is 25.8 Å². The number of piperidine rings is 1. The Morgan fingerprint density at radius 3 is 2.82 bits per heavy atom. The van der Waals surface area contributed by atoms with E-state index in [4.69, 9.17) is 4.52 Å². The molecule has 3 aromatic rings. The lowest BCUT2D eigenvalue weighted by Gasteiger charge is -2.33. The van der Waals surface area contributed by atoms with E-state index in [1.165, 1.54) is 35.2 Å². The van der Waals surface area contributed by atoms with Crippen LogP contribution in [0.1, 0.15) is 32.6 Å². The quantitative estimate of drug-likeness (QED) is 0.691. The van der Waals surface area contributed by atoms with E-state index in [2.05, 4.69) is 17.1 Å². The number of nitrogens with zero attached hydrogens (tertiary/aromatic N) is 4. The van der Waals surface area contributed by atoms with Crippen LogP contribution in [0.5, 0.6) is 0 Å². The molecular formula is C20H21FN4O3. The Kier molecular flexibility index (Phi) is 4.93. The largest absolute Gasteiger partial charge is 0.340 e. The minimum Gasteiger partial charge on any atom is -0.340 e. The Morgan fingerprint density at radius 1 is 1.29 bits per heavy atom. The van der Waals surface area contributed by atoms with E-state index in [-0.39, 0.29) is 47.4 Å². The third-order valence-corrected chi connectivity index (χ3v) is 5.27. The van der Waals surface area contributed by atoms with E-state index in [0.29, 0.717) is 11.3 Å². The molecule has 0 aliphatic carbocycles. The van der Waals surface area contributed by atoms with Crippen LogP contribution in [0.25, 0.3) is 22.4 Å². The Morgan fingerprint density at radius 2 is 2.07 bits per heavy atom. The molecule has 146 valence electrons. The molecule has 0 radical (unpaired) electrons. The average molecular weight is 384 g/mol. The molecule has 0 saturated carbocycles. The molecule has 7 nitrogen and oxygen atoms in total. The molecule has 1 aromatic carbocycles. The summed E-state index contributed by atoms with van der Waals surface area (Å²) in [5.41, 5.74) is 0.675. The third-order valence-electron chi connectivity index (χ3n) is 5.27. The molecule has 8 heteroatoms. The van der Waals surface area contributed by atoms with Gasteiger partial charge in [-0.05, 0) is 50.5 Å². The van der Waals surface area contributed by atoms with Crippen LogP contribution >= 0.6 is 0 Å². The second-order valence-electron chi connectivity index (χ2n) is 7.14. The van der Waals surface area contributed by atoms with Crippen LogP contribution in [0.3, 0.4) is 0 Å². The Balaban J connectivity index is 1.59. The van der Waals surface area contributed by atoms with Crippen molar-refractivity contribution in [3.05, 3.63) is 46.8 Å². The fourth-order valence-corrected chi connectivity index (χ4v) is 3.67. The van der Waals surface area contributed by atoms with Crippen molar-refractivity contribution in [2.24, 2.45) is 0 Å². The van der Waals surface area contributed by atoms with E-state index >= 15 is 0 Å². The molecule has 0 spiro atoms. The molecular weight excluding hydrogens is 363 g/mol. The van der Waals surface area contributed by atoms with Crippen molar-refractivity contribution in [3.8, 4) is 11.3 Å². The van der Waals surface area contributed by atoms with Gasteiger partial charge in [0, 0.05) is 31.1 Å². The molecule has 28 heavy (non-hydrogen) atoms. The zero-order valence-electron chi connectivity index (χ0n) is 15.6. The number of likely N-dealkylation sites (tertiary alicyclic amines) is 1. The van der Waals surface area contributed by atoms with Crippen molar-refractivity contribution < 1.29 is 13.7 Å². The van der Waals surface area contributed by atoms with Gasteiger partial charge in [0.05, 0.1) is 0 Å². The van der Waals surface area contributed by atoms with Gasteiger partial charge in [-0.3, -0.25) is 14.2 Å². The molecule has 1 atom stereocenters. The smallest absolute Gasteiger partial charge is 0.266 e. The number of aryl methyl sites for hydroxylation is 1. The minimum atomic E-state index is -0.377. The van der Waals surface area contributed by atoms with E-state index < -0.39 is 0 Å². The fraction of sp³-hybridized carbons (Fsp3) is 0.400. The van der Waals surface area contributed by atoms with Crippen LogP contribution in [-0.4, -0.2) is 38.1 Å². The van der Waals surface area contributed by atoms with Crippen molar-refractivity contribution in [2.45, 2.75) is 45.2 Å².